The van der Waals surface area contributed by atoms with E-state index in [0.29, 0.717) is 34.3 Å². The summed E-state index contributed by atoms with van der Waals surface area (Å²) in [4.78, 5) is 16.6. The van der Waals surface area contributed by atoms with E-state index >= 15 is 0 Å². The van der Waals surface area contributed by atoms with Crippen molar-refractivity contribution in [3.8, 4) is 11.5 Å². The van der Waals surface area contributed by atoms with Crippen molar-refractivity contribution in [3.05, 3.63) is 72.2 Å². The zero-order chi connectivity index (χ0) is 19.2. The van der Waals surface area contributed by atoms with Gasteiger partial charge in [-0.05, 0) is 36.4 Å². The van der Waals surface area contributed by atoms with Gasteiger partial charge in [0.25, 0.3) is 5.91 Å². The molecule has 2 aromatic carbocycles. The molecule has 0 bridgehead atoms. The van der Waals surface area contributed by atoms with E-state index in [1.54, 1.807) is 55.6 Å². The minimum Gasteiger partial charge on any atom is -0.497 e. The molecule has 0 fully saturated rings. The summed E-state index contributed by atoms with van der Waals surface area (Å²) in [6.07, 6.45) is 1.41. The Morgan fingerprint density at radius 1 is 1.00 bits per heavy atom. The summed E-state index contributed by atoms with van der Waals surface area (Å²) >= 11 is 0. The van der Waals surface area contributed by atoms with Gasteiger partial charge in [0.1, 0.15) is 23.1 Å². The lowest BCUT2D eigenvalue weighted by atomic mass is 10.2. The Bertz CT molecular complexity index is 945. The first-order valence-corrected chi connectivity index (χ1v) is 8.11. The number of aromatic nitrogens is 1. The summed E-state index contributed by atoms with van der Waals surface area (Å²) in [6.45, 7) is 0. The standard InChI is InChI=1S/C20H18FN3O3/c1-26-14-8-9-18(27-2)17(11-14)24-20(25)13-7-10-19(22-12-13)23-16-6-4-3-5-15(16)21/h3-12H,1-2H3,(H,22,23)(H,24,25). The second-order valence-electron chi connectivity index (χ2n) is 5.56. The maximum absolute atomic E-state index is 13.7. The molecule has 0 aliphatic heterocycles. The van der Waals surface area contributed by atoms with Crippen molar-refractivity contribution in [2.45, 2.75) is 0 Å². The Kier molecular flexibility index (Phi) is 5.51. The number of para-hydroxylation sites is 1. The lowest BCUT2D eigenvalue weighted by molar-refractivity contribution is 0.102. The molecule has 7 heteroatoms. The van der Waals surface area contributed by atoms with E-state index < -0.39 is 0 Å². The quantitative estimate of drug-likeness (QED) is 0.682. The highest BCUT2D eigenvalue weighted by molar-refractivity contribution is 6.05. The second-order valence-corrected chi connectivity index (χ2v) is 5.56. The first kappa shape index (κ1) is 18.2. The number of amides is 1. The molecular formula is C20H18FN3O3. The number of rotatable bonds is 6. The van der Waals surface area contributed by atoms with Gasteiger partial charge in [0.05, 0.1) is 31.2 Å². The molecule has 1 amide bonds. The number of pyridine rings is 1. The van der Waals surface area contributed by atoms with E-state index in [2.05, 4.69) is 15.6 Å². The maximum Gasteiger partial charge on any atom is 0.257 e. The molecule has 1 heterocycles. The van der Waals surface area contributed by atoms with Crippen molar-refractivity contribution in [2.75, 3.05) is 24.9 Å². The average molecular weight is 367 g/mol. The van der Waals surface area contributed by atoms with Crippen LogP contribution in [0.25, 0.3) is 0 Å². The van der Waals surface area contributed by atoms with Crippen LogP contribution < -0.4 is 20.1 Å². The Hall–Kier alpha value is -3.61. The summed E-state index contributed by atoms with van der Waals surface area (Å²) in [6, 6.07) is 14.6. The number of hydrogen-bond donors (Lipinski definition) is 2. The van der Waals surface area contributed by atoms with Gasteiger partial charge < -0.3 is 20.1 Å². The smallest absolute Gasteiger partial charge is 0.257 e. The monoisotopic (exact) mass is 367 g/mol. The molecule has 0 aliphatic rings. The van der Waals surface area contributed by atoms with Gasteiger partial charge in [-0.3, -0.25) is 4.79 Å². The van der Waals surface area contributed by atoms with Gasteiger partial charge in [-0.25, -0.2) is 9.37 Å². The van der Waals surface area contributed by atoms with E-state index in [1.165, 1.54) is 19.4 Å². The Morgan fingerprint density at radius 3 is 2.48 bits per heavy atom. The molecule has 3 aromatic rings. The topological polar surface area (TPSA) is 72.5 Å². The second kappa shape index (κ2) is 8.18. The Morgan fingerprint density at radius 2 is 1.81 bits per heavy atom. The van der Waals surface area contributed by atoms with Crippen molar-refractivity contribution in [3.63, 3.8) is 0 Å². The summed E-state index contributed by atoms with van der Waals surface area (Å²) < 4.78 is 24.1. The van der Waals surface area contributed by atoms with E-state index in [4.69, 9.17) is 9.47 Å². The van der Waals surface area contributed by atoms with Crippen LogP contribution in [0.3, 0.4) is 0 Å². The highest BCUT2D eigenvalue weighted by Gasteiger charge is 2.12. The van der Waals surface area contributed by atoms with Gasteiger partial charge in [0, 0.05) is 12.3 Å². The van der Waals surface area contributed by atoms with Crippen LogP contribution in [0.2, 0.25) is 0 Å². The number of ether oxygens (including phenoxy) is 2. The van der Waals surface area contributed by atoms with Gasteiger partial charge in [0.15, 0.2) is 0 Å². The molecule has 138 valence electrons. The number of nitrogens with zero attached hydrogens (tertiary/aromatic N) is 1. The van der Waals surface area contributed by atoms with Gasteiger partial charge in [-0.1, -0.05) is 12.1 Å². The van der Waals surface area contributed by atoms with Crippen molar-refractivity contribution in [1.29, 1.82) is 0 Å². The number of anilines is 3. The molecule has 2 N–H and O–H groups in total. The van der Waals surface area contributed by atoms with Crippen LogP contribution >= 0.6 is 0 Å². The zero-order valence-electron chi connectivity index (χ0n) is 14.8. The van der Waals surface area contributed by atoms with Crippen LogP contribution in [0.1, 0.15) is 10.4 Å². The molecule has 3 rings (SSSR count). The summed E-state index contributed by atoms with van der Waals surface area (Å²) in [5.74, 6) is 0.789. The predicted octanol–water partition coefficient (Wildman–Crippen LogP) is 4.23. The van der Waals surface area contributed by atoms with Gasteiger partial charge in [-0.2, -0.15) is 0 Å². The molecular weight excluding hydrogens is 349 g/mol. The summed E-state index contributed by atoms with van der Waals surface area (Å²) in [7, 11) is 3.06. The predicted molar refractivity (Wildman–Crippen MR) is 101 cm³/mol. The minimum absolute atomic E-state index is 0.309. The highest BCUT2D eigenvalue weighted by Crippen LogP contribution is 2.29. The van der Waals surface area contributed by atoms with Gasteiger partial charge >= 0.3 is 0 Å². The number of hydrogen-bond acceptors (Lipinski definition) is 5. The number of carbonyl (C=O) groups excluding carboxylic acids is 1. The molecule has 27 heavy (non-hydrogen) atoms. The molecule has 0 aliphatic carbocycles. The minimum atomic E-state index is -0.383. The first-order valence-electron chi connectivity index (χ1n) is 8.11. The maximum atomic E-state index is 13.7. The van der Waals surface area contributed by atoms with Crippen LogP contribution in [0.15, 0.2) is 60.8 Å². The third-order valence-electron chi connectivity index (χ3n) is 3.82. The normalized spacial score (nSPS) is 10.2. The fraction of sp³-hybridized carbons (Fsp3) is 0.100. The first-order chi connectivity index (χ1) is 13.1. The third-order valence-corrected chi connectivity index (χ3v) is 3.82. The molecule has 6 nitrogen and oxygen atoms in total. The van der Waals surface area contributed by atoms with E-state index in [1.807, 2.05) is 0 Å². The molecule has 0 radical (unpaired) electrons. The van der Waals surface area contributed by atoms with Crippen LogP contribution in [-0.4, -0.2) is 25.1 Å². The number of methoxy groups -OCH3 is 2. The summed E-state index contributed by atoms with van der Waals surface area (Å²) in [5, 5.41) is 5.63. The van der Waals surface area contributed by atoms with Gasteiger partial charge in [-0.15, -0.1) is 0 Å². The Labute approximate surface area is 156 Å². The van der Waals surface area contributed by atoms with Crippen molar-refractivity contribution >= 4 is 23.1 Å². The highest BCUT2D eigenvalue weighted by atomic mass is 19.1. The van der Waals surface area contributed by atoms with Gasteiger partial charge in [0.2, 0.25) is 0 Å². The molecule has 1 aromatic heterocycles. The molecule has 0 atom stereocenters. The summed E-state index contributed by atoms with van der Waals surface area (Å²) in [5.41, 5.74) is 1.14. The van der Waals surface area contributed by atoms with Crippen LogP contribution in [0.5, 0.6) is 11.5 Å². The fourth-order valence-corrected chi connectivity index (χ4v) is 2.41. The Balaban J connectivity index is 1.74. The number of halogens is 1. The zero-order valence-corrected chi connectivity index (χ0v) is 14.8. The van der Waals surface area contributed by atoms with E-state index in [0.717, 1.165) is 0 Å². The van der Waals surface area contributed by atoms with Crippen LogP contribution in [0, 0.1) is 5.82 Å². The van der Waals surface area contributed by atoms with Crippen LogP contribution in [0.4, 0.5) is 21.6 Å². The van der Waals surface area contributed by atoms with Crippen molar-refractivity contribution in [2.24, 2.45) is 0 Å². The van der Waals surface area contributed by atoms with Crippen molar-refractivity contribution < 1.29 is 18.7 Å². The SMILES string of the molecule is COc1ccc(OC)c(NC(=O)c2ccc(Nc3ccccc3F)nc2)c1. The number of carbonyl (C=O) groups is 1. The molecule has 0 unspecified atom stereocenters. The van der Waals surface area contributed by atoms with E-state index in [9.17, 15) is 9.18 Å². The lowest BCUT2D eigenvalue weighted by Gasteiger charge is -2.12. The van der Waals surface area contributed by atoms with Crippen molar-refractivity contribution in [1.82, 2.24) is 4.98 Å². The number of benzene rings is 2. The third kappa shape index (κ3) is 4.33. The fourth-order valence-electron chi connectivity index (χ4n) is 2.41. The molecule has 0 saturated heterocycles. The van der Waals surface area contributed by atoms with E-state index in [-0.39, 0.29) is 11.7 Å². The number of nitrogens with one attached hydrogen (secondary N) is 2. The average Bonchev–Trinajstić information content (AvgIpc) is 2.70. The molecule has 0 spiro atoms. The molecule has 0 saturated carbocycles. The largest absolute Gasteiger partial charge is 0.497 e. The van der Waals surface area contributed by atoms with Crippen LogP contribution in [-0.2, 0) is 0 Å². The lowest BCUT2D eigenvalue weighted by Crippen LogP contribution is -2.13.